The highest BCUT2D eigenvalue weighted by Crippen LogP contribution is 2.22. The van der Waals surface area contributed by atoms with E-state index in [1.54, 1.807) is 0 Å². The molecule has 0 N–H and O–H groups in total. The van der Waals surface area contributed by atoms with Gasteiger partial charge in [0.15, 0.2) is 0 Å². The monoisotopic (exact) mass is 172 g/mol. The topological polar surface area (TPSA) is 0 Å². The first-order chi connectivity index (χ1) is 6.16. The lowest BCUT2D eigenvalue weighted by molar-refractivity contribution is 1.36. The summed E-state index contributed by atoms with van der Waals surface area (Å²) in [6, 6.07) is 8.34. The zero-order valence-electron chi connectivity index (χ0n) is 8.59. The maximum Gasteiger partial charge on any atom is -0.0156 e. The number of hydrogen-bond donors (Lipinski definition) is 0. The van der Waals surface area contributed by atoms with Crippen LogP contribution in [0.15, 0.2) is 36.4 Å². The predicted octanol–water partition coefficient (Wildman–Crippen LogP) is 4.14. The molecule has 0 nitrogen and oxygen atoms in total. The van der Waals surface area contributed by atoms with Crippen LogP contribution >= 0.6 is 0 Å². The lowest BCUT2D eigenvalue weighted by atomic mass is 9.98. The number of rotatable bonds is 2. The van der Waals surface area contributed by atoms with Crippen molar-refractivity contribution in [1.82, 2.24) is 0 Å². The number of hydrogen-bond acceptors (Lipinski definition) is 0. The van der Waals surface area contributed by atoms with Gasteiger partial charge in [0.05, 0.1) is 0 Å². The summed E-state index contributed by atoms with van der Waals surface area (Å²) >= 11 is 0. The van der Waals surface area contributed by atoms with Gasteiger partial charge in [-0.25, -0.2) is 0 Å². The molecule has 0 unspecified atom stereocenters. The van der Waals surface area contributed by atoms with Crippen molar-refractivity contribution in [3.63, 3.8) is 0 Å². The summed E-state index contributed by atoms with van der Waals surface area (Å²) in [6.07, 6.45) is 1.90. The Bertz CT molecular complexity index is 339. The van der Waals surface area contributed by atoms with Crippen LogP contribution in [0.3, 0.4) is 0 Å². The van der Waals surface area contributed by atoms with E-state index in [4.69, 9.17) is 0 Å². The molecule has 0 fully saturated rings. The van der Waals surface area contributed by atoms with Crippen molar-refractivity contribution in [3.05, 3.63) is 47.5 Å². The Hall–Kier alpha value is -1.30. The summed E-state index contributed by atoms with van der Waals surface area (Å²) in [5.74, 6) is 0. The van der Waals surface area contributed by atoms with Crippen molar-refractivity contribution in [2.75, 3.05) is 0 Å². The Kier molecular flexibility index (Phi) is 3.07. The molecule has 13 heavy (non-hydrogen) atoms. The quantitative estimate of drug-likeness (QED) is 0.629. The standard InChI is InChI=1S/C13H16/c1-5-12-8-6-7-9-13(12)11(4)10(2)3/h5-9H,1H2,2-4H3. The van der Waals surface area contributed by atoms with Gasteiger partial charge in [-0.15, -0.1) is 0 Å². The molecule has 0 aliphatic carbocycles. The van der Waals surface area contributed by atoms with Crippen molar-refractivity contribution in [3.8, 4) is 0 Å². The Morgan fingerprint density at radius 1 is 1.15 bits per heavy atom. The molecule has 68 valence electrons. The van der Waals surface area contributed by atoms with Gasteiger partial charge in [0.2, 0.25) is 0 Å². The van der Waals surface area contributed by atoms with Crippen LogP contribution in [0.2, 0.25) is 0 Å². The van der Waals surface area contributed by atoms with Crippen LogP contribution in [0, 0.1) is 0 Å². The minimum absolute atomic E-state index is 1.21. The van der Waals surface area contributed by atoms with Crippen molar-refractivity contribution in [2.24, 2.45) is 0 Å². The van der Waals surface area contributed by atoms with Crippen LogP contribution in [0.25, 0.3) is 11.6 Å². The van der Waals surface area contributed by atoms with Crippen LogP contribution in [0.4, 0.5) is 0 Å². The molecule has 0 aliphatic heterocycles. The molecular formula is C13H16. The first-order valence-electron chi connectivity index (χ1n) is 4.52. The highest BCUT2D eigenvalue weighted by Gasteiger charge is 2.00. The molecule has 0 bridgehead atoms. The summed E-state index contributed by atoms with van der Waals surface area (Å²) < 4.78 is 0. The molecule has 0 saturated heterocycles. The summed E-state index contributed by atoms with van der Waals surface area (Å²) in [4.78, 5) is 0. The van der Waals surface area contributed by atoms with E-state index in [2.05, 4.69) is 45.5 Å². The third kappa shape index (κ3) is 2.09. The molecule has 0 amide bonds. The molecule has 1 aromatic carbocycles. The van der Waals surface area contributed by atoms with Crippen LogP contribution in [0.1, 0.15) is 31.9 Å². The highest BCUT2D eigenvalue weighted by molar-refractivity contribution is 5.74. The molecule has 0 atom stereocenters. The Morgan fingerprint density at radius 2 is 1.77 bits per heavy atom. The van der Waals surface area contributed by atoms with Crippen molar-refractivity contribution in [2.45, 2.75) is 20.8 Å². The lowest BCUT2D eigenvalue weighted by Gasteiger charge is -2.07. The number of allylic oxidation sites excluding steroid dienone is 2. The van der Waals surface area contributed by atoms with Gasteiger partial charge in [-0.2, -0.15) is 0 Å². The van der Waals surface area contributed by atoms with Gasteiger partial charge in [0.1, 0.15) is 0 Å². The SMILES string of the molecule is C=Cc1ccccc1C(C)=C(C)C. The van der Waals surface area contributed by atoms with E-state index < -0.39 is 0 Å². The second-order valence-corrected chi connectivity index (χ2v) is 3.42. The maximum atomic E-state index is 3.81. The summed E-state index contributed by atoms with van der Waals surface area (Å²) in [7, 11) is 0. The Labute approximate surface area is 80.6 Å². The minimum atomic E-state index is 1.21. The molecule has 0 saturated carbocycles. The Balaban J connectivity index is 3.29. The molecule has 0 aliphatic rings. The number of benzene rings is 1. The van der Waals surface area contributed by atoms with Crippen LogP contribution in [0.5, 0.6) is 0 Å². The first-order valence-corrected chi connectivity index (χ1v) is 4.52. The maximum absolute atomic E-state index is 3.81. The molecule has 0 radical (unpaired) electrons. The van der Waals surface area contributed by atoms with Gasteiger partial charge in [-0.3, -0.25) is 0 Å². The van der Waals surface area contributed by atoms with Crippen LogP contribution < -0.4 is 0 Å². The van der Waals surface area contributed by atoms with Gasteiger partial charge in [-0.05, 0) is 37.5 Å². The van der Waals surface area contributed by atoms with E-state index >= 15 is 0 Å². The lowest BCUT2D eigenvalue weighted by Crippen LogP contribution is -1.86. The first kappa shape index (κ1) is 9.79. The van der Waals surface area contributed by atoms with E-state index in [1.807, 2.05) is 12.1 Å². The molecule has 1 aromatic rings. The van der Waals surface area contributed by atoms with Crippen LogP contribution in [-0.2, 0) is 0 Å². The second kappa shape index (κ2) is 4.08. The summed E-state index contributed by atoms with van der Waals surface area (Å²) in [6.45, 7) is 10.2. The normalized spacial score (nSPS) is 9.46. The average molecular weight is 172 g/mol. The Morgan fingerprint density at radius 3 is 2.31 bits per heavy atom. The molecule has 0 aromatic heterocycles. The third-order valence-corrected chi connectivity index (χ3v) is 2.33. The van der Waals surface area contributed by atoms with Gasteiger partial charge in [0.25, 0.3) is 0 Å². The zero-order chi connectivity index (χ0) is 9.84. The third-order valence-electron chi connectivity index (χ3n) is 2.33. The van der Waals surface area contributed by atoms with E-state index in [-0.39, 0.29) is 0 Å². The van der Waals surface area contributed by atoms with Gasteiger partial charge in [-0.1, -0.05) is 42.5 Å². The fourth-order valence-electron chi connectivity index (χ4n) is 1.29. The average Bonchev–Trinajstić information content (AvgIpc) is 2.16. The zero-order valence-corrected chi connectivity index (χ0v) is 8.59. The van der Waals surface area contributed by atoms with Crippen molar-refractivity contribution >= 4 is 11.6 Å². The molecule has 0 heterocycles. The van der Waals surface area contributed by atoms with Gasteiger partial charge >= 0.3 is 0 Å². The van der Waals surface area contributed by atoms with E-state index in [0.29, 0.717) is 0 Å². The van der Waals surface area contributed by atoms with Crippen LogP contribution in [-0.4, -0.2) is 0 Å². The van der Waals surface area contributed by atoms with Gasteiger partial charge < -0.3 is 0 Å². The molecular weight excluding hydrogens is 156 g/mol. The summed E-state index contributed by atoms with van der Waals surface area (Å²) in [5, 5.41) is 0. The fraction of sp³-hybridized carbons (Fsp3) is 0.231. The van der Waals surface area contributed by atoms with Crippen molar-refractivity contribution in [1.29, 1.82) is 0 Å². The smallest absolute Gasteiger partial charge is 0.0156 e. The van der Waals surface area contributed by atoms with E-state index in [9.17, 15) is 0 Å². The largest absolute Gasteiger partial charge is 0.0984 e. The highest BCUT2D eigenvalue weighted by atomic mass is 14.1. The van der Waals surface area contributed by atoms with Crippen molar-refractivity contribution < 1.29 is 0 Å². The predicted molar refractivity (Wildman–Crippen MR) is 60.5 cm³/mol. The molecule has 0 spiro atoms. The van der Waals surface area contributed by atoms with Gasteiger partial charge in [0, 0.05) is 0 Å². The fourth-order valence-corrected chi connectivity index (χ4v) is 1.29. The van der Waals surface area contributed by atoms with E-state index in [1.165, 1.54) is 22.3 Å². The molecule has 0 heteroatoms. The minimum Gasteiger partial charge on any atom is -0.0984 e. The molecule has 1 rings (SSSR count). The second-order valence-electron chi connectivity index (χ2n) is 3.42. The summed E-state index contributed by atoms with van der Waals surface area (Å²) in [5.41, 5.74) is 5.20. The van der Waals surface area contributed by atoms with E-state index in [0.717, 1.165) is 0 Å².